The second-order valence-electron chi connectivity index (χ2n) is 6.31. The highest BCUT2D eigenvalue weighted by atomic mass is 35.5. The van der Waals surface area contributed by atoms with Crippen LogP contribution in [0.4, 0.5) is 0 Å². The third-order valence-corrected chi connectivity index (χ3v) is 3.92. The van der Waals surface area contributed by atoms with E-state index in [-0.39, 0.29) is 12.5 Å². The second-order valence-corrected chi connectivity index (χ2v) is 6.74. The zero-order valence-electron chi connectivity index (χ0n) is 14.1. The van der Waals surface area contributed by atoms with Crippen LogP contribution in [-0.2, 0) is 11.3 Å². The predicted molar refractivity (Wildman–Crippen MR) is 96.2 cm³/mol. The van der Waals surface area contributed by atoms with Gasteiger partial charge in [-0.05, 0) is 54.8 Å². The van der Waals surface area contributed by atoms with Gasteiger partial charge in [-0.1, -0.05) is 29.8 Å². The monoisotopic (exact) mass is 347 g/mol. The van der Waals surface area contributed by atoms with E-state index < -0.39 is 5.54 Å². The van der Waals surface area contributed by atoms with Crippen molar-refractivity contribution in [2.24, 2.45) is 0 Å². The highest BCUT2D eigenvalue weighted by Crippen LogP contribution is 2.27. The summed E-state index contributed by atoms with van der Waals surface area (Å²) in [6.07, 6.45) is 0. The zero-order valence-corrected chi connectivity index (χ0v) is 14.9. The number of halogens is 1. The lowest BCUT2D eigenvalue weighted by Gasteiger charge is -2.23. The normalized spacial score (nSPS) is 11.4. The molecule has 2 aromatic carbocycles. The minimum Gasteiger partial charge on any atom is -0.394 e. The predicted octanol–water partition coefficient (Wildman–Crippen LogP) is 3.65. The Hall–Kier alpha value is -1.88. The number of aliphatic hydroxyl groups excluding tert-OH is 1. The number of hydrogen-bond acceptors (Lipinski definition) is 3. The Bertz CT molecular complexity index is 711. The molecule has 0 aliphatic carbocycles. The zero-order chi connectivity index (χ0) is 17.7. The Balaban J connectivity index is 2.36. The molecule has 0 saturated carbocycles. The van der Waals surface area contributed by atoms with Crippen molar-refractivity contribution in [2.75, 3.05) is 13.7 Å². The Morgan fingerprint density at radius 1 is 1.21 bits per heavy atom. The van der Waals surface area contributed by atoms with Gasteiger partial charge in [-0.15, -0.1) is 0 Å². The summed E-state index contributed by atoms with van der Waals surface area (Å²) in [5.41, 5.74) is 2.77. The highest BCUT2D eigenvalue weighted by molar-refractivity contribution is 6.30. The Kier molecular flexibility index (Phi) is 5.99. The molecular weight excluding hydrogens is 326 g/mol. The lowest BCUT2D eigenvalue weighted by atomic mass is 9.97. The first-order valence-electron chi connectivity index (χ1n) is 7.67. The van der Waals surface area contributed by atoms with E-state index in [2.05, 4.69) is 5.32 Å². The first kappa shape index (κ1) is 18.5. The van der Waals surface area contributed by atoms with Crippen LogP contribution < -0.4 is 5.32 Å². The molecule has 0 fully saturated rings. The molecule has 0 saturated heterocycles. The molecule has 0 heterocycles. The van der Waals surface area contributed by atoms with Crippen molar-refractivity contribution >= 4 is 17.5 Å². The molecule has 0 atom stereocenters. The van der Waals surface area contributed by atoms with Gasteiger partial charge >= 0.3 is 0 Å². The second kappa shape index (κ2) is 7.79. The standard InChI is InChI=1S/C19H22ClNO3/c1-19(2,12-22)21-18(23)14-6-9-17(15(10-14)11-24-3)13-4-7-16(20)8-5-13/h4-10,22H,11-12H2,1-3H3,(H,21,23). The first-order valence-corrected chi connectivity index (χ1v) is 8.05. The van der Waals surface area contributed by atoms with Crippen LogP contribution in [0.25, 0.3) is 11.1 Å². The van der Waals surface area contributed by atoms with E-state index in [1.807, 2.05) is 36.4 Å². The van der Waals surface area contributed by atoms with E-state index in [1.54, 1.807) is 27.0 Å². The van der Waals surface area contributed by atoms with Gasteiger partial charge in [0.2, 0.25) is 0 Å². The molecule has 5 heteroatoms. The molecular formula is C19H22ClNO3. The maximum absolute atomic E-state index is 12.4. The van der Waals surface area contributed by atoms with Gasteiger partial charge in [-0.2, -0.15) is 0 Å². The molecule has 0 radical (unpaired) electrons. The molecule has 0 spiro atoms. The van der Waals surface area contributed by atoms with E-state index in [4.69, 9.17) is 16.3 Å². The molecule has 0 aromatic heterocycles. The average Bonchev–Trinajstić information content (AvgIpc) is 2.55. The van der Waals surface area contributed by atoms with E-state index in [1.165, 1.54) is 0 Å². The van der Waals surface area contributed by atoms with E-state index in [9.17, 15) is 9.90 Å². The largest absolute Gasteiger partial charge is 0.394 e. The van der Waals surface area contributed by atoms with Crippen LogP contribution in [-0.4, -0.2) is 30.3 Å². The number of amides is 1. The molecule has 0 aliphatic rings. The fraction of sp³-hybridized carbons (Fsp3) is 0.316. The molecule has 4 nitrogen and oxygen atoms in total. The van der Waals surface area contributed by atoms with Crippen LogP contribution in [0.2, 0.25) is 5.02 Å². The fourth-order valence-corrected chi connectivity index (χ4v) is 2.47. The fourth-order valence-electron chi connectivity index (χ4n) is 2.34. The van der Waals surface area contributed by atoms with E-state index >= 15 is 0 Å². The molecule has 0 unspecified atom stereocenters. The molecule has 0 bridgehead atoms. The topological polar surface area (TPSA) is 58.6 Å². The van der Waals surface area contributed by atoms with Crippen LogP contribution in [0, 0.1) is 0 Å². The number of rotatable bonds is 6. The molecule has 128 valence electrons. The van der Waals surface area contributed by atoms with Crippen molar-refractivity contribution in [3.63, 3.8) is 0 Å². The summed E-state index contributed by atoms with van der Waals surface area (Å²) in [7, 11) is 1.62. The van der Waals surface area contributed by atoms with E-state index in [0.717, 1.165) is 16.7 Å². The van der Waals surface area contributed by atoms with Crippen molar-refractivity contribution in [1.82, 2.24) is 5.32 Å². The van der Waals surface area contributed by atoms with Gasteiger partial charge in [-0.25, -0.2) is 0 Å². The van der Waals surface area contributed by atoms with Gasteiger partial charge in [0, 0.05) is 17.7 Å². The smallest absolute Gasteiger partial charge is 0.251 e. The van der Waals surface area contributed by atoms with Crippen LogP contribution in [0.3, 0.4) is 0 Å². The van der Waals surface area contributed by atoms with Crippen LogP contribution >= 0.6 is 11.6 Å². The van der Waals surface area contributed by atoms with Crippen LogP contribution in [0.15, 0.2) is 42.5 Å². The van der Waals surface area contributed by atoms with Crippen molar-refractivity contribution in [1.29, 1.82) is 0 Å². The van der Waals surface area contributed by atoms with Gasteiger partial charge in [0.05, 0.1) is 18.8 Å². The van der Waals surface area contributed by atoms with Gasteiger partial charge in [0.25, 0.3) is 5.91 Å². The van der Waals surface area contributed by atoms with Crippen molar-refractivity contribution in [3.05, 3.63) is 58.6 Å². The summed E-state index contributed by atoms with van der Waals surface area (Å²) in [6.45, 7) is 3.79. The summed E-state index contributed by atoms with van der Waals surface area (Å²) in [4.78, 5) is 12.4. The molecule has 2 aromatic rings. The molecule has 0 aliphatic heterocycles. The molecule has 24 heavy (non-hydrogen) atoms. The average molecular weight is 348 g/mol. The molecule has 1 amide bonds. The summed E-state index contributed by atoms with van der Waals surface area (Å²) >= 11 is 5.94. The van der Waals surface area contributed by atoms with Crippen molar-refractivity contribution in [3.8, 4) is 11.1 Å². The van der Waals surface area contributed by atoms with Crippen LogP contribution in [0.1, 0.15) is 29.8 Å². The molecule has 2 N–H and O–H groups in total. The third-order valence-electron chi connectivity index (χ3n) is 3.67. The Morgan fingerprint density at radius 3 is 2.46 bits per heavy atom. The number of aliphatic hydroxyl groups is 1. The lowest BCUT2D eigenvalue weighted by molar-refractivity contribution is 0.0869. The summed E-state index contributed by atoms with van der Waals surface area (Å²) in [6, 6.07) is 13.0. The van der Waals surface area contributed by atoms with Crippen molar-refractivity contribution in [2.45, 2.75) is 26.0 Å². The summed E-state index contributed by atoms with van der Waals surface area (Å²) < 4.78 is 5.27. The number of carbonyl (C=O) groups excluding carboxylic acids is 1. The molecule has 2 rings (SSSR count). The number of methoxy groups -OCH3 is 1. The third kappa shape index (κ3) is 4.57. The first-order chi connectivity index (χ1) is 11.4. The Labute approximate surface area is 147 Å². The van der Waals surface area contributed by atoms with Crippen LogP contribution in [0.5, 0.6) is 0 Å². The SMILES string of the molecule is COCc1cc(C(=O)NC(C)(C)CO)ccc1-c1ccc(Cl)cc1. The maximum Gasteiger partial charge on any atom is 0.251 e. The number of nitrogens with one attached hydrogen (secondary N) is 1. The summed E-state index contributed by atoms with van der Waals surface area (Å²) in [5.74, 6) is -0.228. The number of carbonyl (C=O) groups is 1. The minimum atomic E-state index is -0.673. The highest BCUT2D eigenvalue weighted by Gasteiger charge is 2.20. The lowest BCUT2D eigenvalue weighted by Crippen LogP contribution is -2.46. The number of hydrogen-bond donors (Lipinski definition) is 2. The number of benzene rings is 2. The number of ether oxygens (including phenoxy) is 1. The van der Waals surface area contributed by atoms with Crippen molar-refractivity contribution < 1.29 is 14.6 Å². The van der Waals surface area contributed by atoms with Gasteiger partial charge < -0.3 is 15.2 Å². The maximum atomic E-state index is 12.4. The van der Waals surface area contributed by atoms with E-state index in [0.29, 0.717) is 17.2 Å². The minimum absolute atomic E-state index is 0.132. The quantitative estimate of drug-likeness (QED) is 0.838. The Morgan fingerprint density at radius 2 is 1.88 bits per heavy atom. The van der Waals surface area contributed by atoms with Gasteiger partial charge in [0.15, 0.2) is 0 Å². The van der Waals surface area contributed by atoms with Gasteiger partial charge in [0.1, 0.15) is 0 Å². The summed E-state index contributed by atoms with van der Waals surface area (Å²) in [5, 5.41) is 12.8. The van der Waals surface area contributed by atoms with Gasteiger partial charge in [-0.3, -0.25) is 4.79 Å².